The third-order valence-electron chi connectivity index (χ3n) is 5.00. The molecule has 172 valence electrons. The van der Waals surface area contributed by atoms with Crippen LogP contribution in [0.25, 0.3) is 6.08 Å². The number of nitrogens with one attached hydrogen (secondary N) is 1. The van der Waals surface area contributed by atoms with E-state index in [4.69, 9.17) is 16.3 Å². The average Bonchev–Trinajstić information content (AvgIpc) is 2.79. The standard InChI is InChI=1S/C25H25ClN2O4S/c1-3-32-25(29)13-7-19-6-8-20(18(2)15-19)16-24(21-5-4-14-27-17-21)28-33(30,31)23-11-9-22(26)10-12-23/h4-15,17,24,28H,3,16H2,1-2H3. The van der Waals surface area contributed by atoms with E-state index in [1.54, 1.807) is 43.6 Å². The fourth-order valence-electron chi connectivity index (χ4n) is 3.31. The summed E-state index contributed by atoms with van der Waals surface area (Å²) in [5.41, 5.74) is 3.54. The summed E-state index contributed by atoms with van der Waals surface area (Å²) in [5, 5.41) is 0.463. The highest BCUT2D eigenvalue weighted by atomic mass is 35.5. The number of aryl methyl sites for hydroxylation is 1. The van der Waals surface area contributed by atoms with Gasteiger partial charge in [-0.15, -0.1) is 0 Å². The van der Waals surface area contributed by atoms with Crippen LogP contribution in [0.3, 0.4) is 0 Å². The Kier molecular flexibility index (Phi) is 8.38. The van der Waals surface area contributed by atoms with Crippen molar-refractivity contribution in [3.8, 4) is 0 Å². The number of sulfonamides is 1. The van der Waals surface area contributed by atoms with Crippen molar-refractivity contribution in [2.45, 2.75) is 31.2 Å². The van der Waals surface area contributed by atoms with E-state index in [2.05, 4.69) is 9.71 Å². The molecule has 3 aromatic rings. The van der Waals surface area contributed by atoms with Crippen molar-refractivity contribution >= 4 is 33.7 Å². The lowest BCUT2D eigenvalue weighted by Gasteiger charge is -2.20. The lowest BCUT2D eigenvalue weighted by atomic mass is 9.96. The molecule has 1 N–H and O–H groups in total. The van der Waals surface area contributed by atoms with Crippen molar-refractivity contribution in [1.82, 2.24) is 9.71 Å². The molecule has 0 spiro atoms. The van der Waals surface area contributed by atoms with E-state index >= 15 is 0 Å². The van der Waals surface area contributed by atoms with Gasteiger partial charge >= 0.3 is 5.97 Å². The van der Waals surface area contributed by atoms with E-state index in [0.717, 1.165) is 22.3 Å². The van der Waals surface area contributed by atoms with Crippen molar-refractivity contribution in [3.05, 3.63) is 100 Å². The molecule has 1 unspecified atom stereocenters. The van der Waals surface area contributed by atoms with Crippen molar-refractivity contribution in [2.75, 3.05) is 6.61 Å². The normalized spacial score (nSPS) is 12.6. The first-order valence-electron chi connectivity index (χ1n) is 10.4. The molecule has 6 nitrogen and oxygen atoms in total. The maximum atomic E-state index is 13.0. The van der Waals surface area contributed by atoms with Crippen molar-refractivity contribution < 1.29 is 17.9 Å². The number of benzene rings is 2. The van der Waals surface area contributed by atoms with E-state index in [-0.39, 0.29) is 4.90 Å². The van der Waals surface area contributed by atoms with Gasteiger partial charge in [-0.3, -0.25) is 4.98 Å². The van der Waals surface area contributed by atoms with Gasteiger partial charge in [0.05, 0.1) is 17.5 Å². The molecule has 1 heterocycles. The Labute approximate surface area is 199 Å². The van der Waals surface area contributed by atoms with Crippen LogP contribution in [-0.2, 0) is 26.0 Å². The molecule has 0 aliphatic rings. The number of hydrogen-bond donors (Lipinski definition) is 1. The largest absolute Gasteiger partial charge is 0.463 e. The lowest BCUT2D eigenvalue weighted by Crippen LogP contribution is -2.30. The minimum atomic E-state index is -3.79. The highest BCUT2D eigenvalue weighted by Crippen LogP contribution is 2.24. The number of aromatic nitrogens is 1. The summed E-state index contributed by atoms with van der Waals surface area (Å²) in [7, 11) is -3.79. The topological polar surface area (TPSA) is 85.4 Å². The summed E-state index contributed by atoms with van der Waals surface area (Å²) in [6, 6.07) is 14.9. The van der Waals surface area contributed by atoms with Gasteiger partial charge in [0.2, 0.25) is 10.0 Å². The number of carbonyl (C=O) groups is 1. The van der Waals surface area contributed by atoms with Crippen LogP contribution < -0.4 is 4.72 Å². The first kappa shape index (κ1) is 24.6. The Balaban J connectivity index is 1.85. The second-order valence-corrected chi connectivity index (χ2v) is 9.54. The molecule has 0 radical (unpaired) electrons. The Morgan fingerprint density at radius 3 is 2.58 bits per heavy atom. The third kappa shape index (κ3) is 6.99. The lowest BCUT2D eigenvalue weighted by molar-refractivity contribution is -0.137. The molecule has 3 rings (SSSR count). The fraction of sp³-hybridized carbons (Fsp3) is 0.200. The molecular weight excluding hydrogens is 460 g/mol. The van der Waals surface area contributed by atoms with Crippen LogP contribution in [0, 0.1) is 6.92 Å². The second kappa shape index (κ2) is 11.2. The van der Waals surface area contributed by atoms with E-state index in [1.807, 2.05) is 31.2 Å². The molecule has 33 heavy (non-hydrogen) atoms. The molecule has 1 atom stereocenters. The molecule has 2 aromatic carbocycles. The summed E-state index contributed by atoms with van der Waals surface area (Å²) in [5.74, 6) is -0.396. The van der Waals surface area contributed by atoms with Crippen molar-refractivity contribution in [1.29, 1.82) is 0 Å². The zero-order valence-electron chi connectivity index (χ0n) is 18.4. The average molecular weight is 485 g/mol. The Morgan fingerprint density at radius 1 is 1.18 bits per heavy atom. The third-order valence-corrected chi connectivity index (χ3v) is 6.74. The Morgan fingerprint density at radius 2 is 1.94 bits per heavy atom. The number of nitrogens with zero attached hydrogens (tertiary/aromatic N) is 1. The highest BCUT2D eigenvalue weighted by Gasteiger charge is 2.22. The number of halogens is 1. The molecule has 0 bridgehead atoms. The predicted molar refractivity (Wildman–Crippen MR) is 129 cm³/mol. The summed E-state index contributed by atoms with van der Waals surface area (Å²) in [6.07, 6.45) is 6.80. The summed E-state index contributed by atoms with van der Waals surface area (Å²) < 4.78 is 33.8. The molecule has 0 saturated heterocycles. The smallest absolute Gasteiger partial charge is 0.330 e. The van der Waals surface area contributed by atoms with E-state index < -0.39 is 22.0 Å². The zero-order chi connectivity index (χ0) is 23.8. The van der Waals surface area contributed by atoms with Crippen LogP contribution in [-0.4, -0.2) is 26.0 Å². The van der Waals surface area contributed by atoms with Crippen molar-refractivity contribution in [2.24, 2.45) is 0 Å². The van der Waals surface area contributed by atoms with E-state index in [1.165, 1.54) is 18.2 Å². The SMILES string of the molecule is CCOC(=O)C=Cc1ccc(CC(NS(=O)(=O)c2ccc(Cl)cc2)c2cccnc2)c(C)c1. The monoisotopic (exact) mass is 484 g/mol. The Bertz CT molecular complexity index is 1230. The molecule has 0 fully saturated rings. The van der Waals surface area contributed by atoms with E-state index in [0.29, 0.717) is 18.1 Å². The number of carbonyl (C=O) groups excluding carboxylic acids is 1. The van der Waals surface area contributed by atoms with Gasteiger partial charge in [0.1, 0.15) is 0 Å². The summed E-state index contributed by atoms with van der Waals surface area (Å²) in [6.45, 7) is 4.03. The van der Waals surface area contributed by atoms with Gasteiger partial charge in [-0.2, -0.15) is 0 Å². The van der Waals surface area contributed by atoms with Crippen LogP contribution in [0.2, 0.25) is 5.02 Å². The fourth-order valence-corrected chi connectivity index (χ4v) is 4.66. The van der Waals surface area contributed by atoms with Crippen molar-refractivity contribution in [3.63, 3.8) is 0 Å². The maximum absolute atomic E-state index is 13.0. The van der Waals surface area contributed by atoms with Crippen LogP contribution in [0.4, 0.5) is 0 Å². The highest BCUT2D eigenvalue weighted by molar-refractivity contribution is 7.89. The van der Waals surface area contributed by atoms with Crippen LogP contribution in [0.1, 0.15) is 35.2 Å². The molecule has 0 amide bonds. The Hall–Kier alpha value is -3.00. The molecule has 0 saturated carbocycles. The first-order chi connectivity index (χ1) is 15.8. The summed E-state index contributed by atoms with van der Waals surface area (Å²) >= 11 is 5.90. The van der Waals surface area contributed by atoms with Gasteiger partial charge in [-0.05, 0) is 78.9 Å². The molecule has 8 heteroatoms. The number of ether oxygens (including phenoxy) is 1. The van der Waals surface area contributed by atoms with Crippen LogP contribution >= 0.6 is 11.6 Å². The quantitative estimate of drug-likeness (QED) is 0.345. The van der Waals surface area contributed by atoms with Gasteiger partial charge in [0, 0.05) is 23.5 Å². The number of rotatable bonds is 9. The van der Waals surface area contributed by atoms with Gasteiger partial charge in [-0.25, -0.2) is 17.9 Å². The molecular formula is C25H25ClN2O4S. The van der Waals surface area contributed by atoms with Gasteiger partial charge in [-0.1, -0.05) is 35.9 Å². The molecule has 0 aliphatic carbocycles. The number of esters is 1. The first-order valence-corrected chi connectivity index (χ1v) is 12.3. The van der Waals surface area contributed by atoms with Crippen LogP contribution in [0.5, 0.6) is 0 Å². The summed E-state index contributed by atoms with van der Waals surface area (Å²) in [4.78, 5) is 15.8. The van der Waals surface area contributed by atoms with Gasteiger partial charge in [0.25, 0.3) is 0 Å². The van der Waals surface area contributed by atoms with E-state index in [9.17, 15) is 13.2 Å². The predicted octanol–water partition coefficient (Wildman–Crippen LogP) is 4.88. The minimum absolute atomic E-state index is 0.136. The minimum Gasteiger partial charge on any atom is -0.463 e. The van der Waals surface area contributed by atoms with Gasteiger partial charge in [0.15, 0.2) is 0 Å². The zero-order valence-corrected chi connectivity index (χ0v) is 19.9. The second-order valence-electron chi connectivity index (χ2n) is 7.39. The maximum Gasteiger partial charge on any atom is 0.330 e. The van der Waals surface area contributed by atoms with Gasteiger partial charge < -0.3 is 4.74 Å². The van der Waals surface area contributed by atoms with Crippen LogP contribution in [0.15, 0.2) is 78.0 Å². The molecule has 0 aliphatic heterocycles. The number of pyridine rings is 1. The number of hydrogen-bond acceptors (Lipinski definition) is 5. The molecule has 1 aromatic heterocycles.